The average Bonchev–Trinajstić information content (AvgIpc) is 2.95. The van der Waals surface area contributed by atoms with Gasteiger partial charge in [0.2, 0.25) is 9.84 Å². The Kier molecular flexibility index (Phi) is 8.21. The number of nitrogen functional groups attached to an aromatic ring is 1. The molecule has 2 aliphatic rings. The predicted molar refractivity (Wildman–Crippen MR) is 149 cm³/mol. The lowest BCUT2D eigenvalue weighted by molar-refractivity contribution is 0.0552. The fraction of sp³-hybridized carbons (Fsp3) is 0.379. The number of piperidine rings is 2. The van der Waals surface area contributed by atoms with Crippen molar-refractivity contribution in [3.8, 4) is 0 Å². The van der Waals surface area contributed by atoms with Crippen LogP contribution in [0.25, 0.3) is 0 Å². The second-order valence-corrected chi connectivity index (χ2v) is 12.7. The van der Waals surface area contributed by atoms with Crippen LogP contribution in [0.1, 0.15) is 41.7 Å². The summed E-state index contributed by atoms with van der Waals surface area (Å²) in [5.41, 5.74) is 6.83. The van der Waals surface area contributed by atoms with Gasteiger partial charge in [0.25, 0.3) is 5.91 Å². The van der Waals surface area contributed by atoms with Gasteiger partial charge in [-0.05, 0) is 93.6 Å². The molecule has 0 saturated carbocycles. The standard InChI is InChI=1S/C29H32ClFN4O3S/c30-21-3-1-4-24(18-21)39(37,38)25-8-7-22(33-19-25)17-20-9-13-34(14-10-20)23-11-15-35(16-12-23)29(36)26-5-2-6-27(31)28(26)32/h1-8,18-20,23H,9-17,32H2. The van der Waals surface area contributed by atoms with Gasteiger partial charge in [-0.15, -0.1) is 0 Å². The summed E-state index contributed by atoms with van der Waals surface area (Å²) in [4.78, 5) is 21.9. The molecule has 3 heterocycles. The number of benzene rings is 2. The summed E-state index contributed by atoms with van der Waals surface area (Å²) in [6.07, 6.45) is 6.11. The van der Waals surface area contributed by atoms with Crippen LogP contribution in [0.5, 0.6) is 0 Å². The number of anilines is 1. The highest BCUT2D eigenvalue weighted by Crippen LogP contribution is 2.28. The molecule has 1 aromatic heterocycles. The lowest BCUT2D eigenvalue weighted by atomic mass is 9.90. The quantitative estimate of drug-likeness (QED) is 0.426. The topological polar surface area (TPSA) is 96.6 Å². The Balaban J connectivity index is 1.10. The van der Waals surface area contributed by atoms with Crippen LogP contribution >= 0.6 is 11.6 Å². The van der Waals surface area contributed by atoms with Gasteiger partial charge in [-0.2, -0.15) is 0 Å². The smallest absolute Gasteiger partial charge is 0.256 e. The molecule has 0 radical (unpaired) electrons. The molecule has 0 atom stereocenters. The zero-order valence-electron chi connectivity index (χ0n) is 21.6. The number of hydrogen-bond acceptors (Lipinski definition) is 6. The summed E-state index contributed by atoms with van der Waals surface area (Å²) in [7, 11) is -3.66. The number of rotatable bonds is 6. The average molecular weight is 571 g/mol. The number of carbonyl (C=O) groups excluding carboxylic acids is 1. The van der Waals surface area contributed by atoms with Crippen molar-refractivity contribution in [2.24, 2.45) is 5.92 Å². The number of likely N-dealkylation sites (tertiary alicyclic amines) is 2. The number of aromatic nitrogens is 1. The number of nitrogens with two attached hydrogens (primary N) is 1. The normalized spacial score (nSPS) is 17.8. The number of halogens is 2. The van der Waals surface area contributed by atoms with Crippen molar-refractivity contribution in [1.29, 1.82) is 0 Å². The largest absolute Gasteiger partial charge is 0.396 e. The Bertz CT molecular complexity index is 1440. The van der Waals surface area contributed by atoms with Gasteiger partial charge < -0.3 is 15.5 Å². The number of amides is 1. The fourth-order valence-electron chi connectivity index (χ4n) is 5.61. The van der Waals surface area contributed by atoms with Gasteiger partial charge in [0, 0.05) is 36.0 Å². The van der Waals surface area contributed by atoms with Crippen LogP contribution in [-0.4, -0.2) is 61.3 Å². The van der Waals surface area contributed by atoms with Crippen LogP contribution in [0.3, 0.4) is 0 Å². The van der Waals surface area contributed by atoms with Crippen molar-refractivity contribution in [2.45, 2.75) is 47.9 Å². The van der Waals surface area contributed by atoms with Crippen LogP contribution in [0.2, 0.25) is 5.02 Å². The van der Waals surface area contributed by atoms with Crippen molar-refractivity contribution in [2.75, 3.05) is 31.9 Å². The Morgan fingerprint density at radius 2 is 1.69 bits per heavy atom. The Morgan fingerprint density at radius 3 is 2.36 bits per heavy atom. The molecule has 3 aromatic rings. The zero-order valence-corrected chi connectivity index (χ0v) is 23.2. The van der Waals surface area contributed by atoms with E-state index in [1.54, 1.807) is 29.2 Å². The highest BCUT2D eigenvalue weighted by molar-refractivity contribution is 7.91. The number of hydrogen-bond donors (Lipinski definition) is 1. The van der Waals surface area contributed by atoms with E-state index in [-0.39, 0.29) is 26.9 Å². The summed E-state index contributed by atoms with van der Waals surface area (Å²) in [5, 5.41) is 0.375. The van der Waals surface area contributed by atoms with Crippen LogP contribution in [-0.2, 0) is 16.3 Å². The SMILES string of the molecule is Nc1c(F)cccc1C(=O)N1CCC(N2CCC(Cc3ccc(S(=O)(=O)c4cccc(Cl)c4)cn3)CC2)CC1. The molecule has 2 N–H and O–H groups in total. The van der Waals surface area contributed by atoms with Crippen molar-refractivity contribution in [3.05, 3.63) is 82.9 Å². The molecule has 39 heavy (non-hydrogen) atoms. The maximum atomic E-state index is 13.8. The number of pyridine rings is 1. The van der Waals surface area contributed by atoms with E-state index in [1.165, 1.54) is 30.5 Å². The first-order chi connectivity index (χ1) is 18.7. The van der Waals surface area contributed by atoms with Gasteiger partial charge in [0.05, 0.1) is 21.0 Å². The van der Waals surface area contributed by atoms with Gasteiger partial charge in [0.15, 0.2) is 0 Å². The highest BCUT2D eigenvalue weighted by Gasteiger charge is 2.31. The zero-order chi connectivity index (χ0) is 27.6. The third-order valence-corrected chi connectivity index (χ3v) is 9.88. The molecule has 1 amide bonds. The Morgan fingerprint density at radius 1 is 0.974 bits per heavy atom. The van der Waals surface area contributed by atoms with Crippen molar-refractivity contribution >= 4 is 33.0 Å². The summed E-state index contributed by atoms with van der Waals surface area (Å²) in [6, 6.07) is 14.5. The summed E-state index contributed by atoms with van der Waals surface area (Å²) in [6.45, 7) is 3.24. The Labute approximate surface area is 233 Å². The van der Waals surface area contributed by atoms with Gasteiger partial charge in [-0.25, -0.2) is 12.8 Å². The fourth-order valence-corrected chi connectivity index (χ4v) is 7.11. The molecule has 2 aromatic carbocycles. The molecule has 7 nitrogen and oxygen atoms in total. The minimum absolute atomic E-state index is 0.0847. The lowest BCUT2D eigenvalue weighted by Crippen LogP contribution is -2.49. The first-order valence-electron chi connectivity index (χ1n) is 13.3. The van der Waals surface area contributed by atoms with E-state index in [0.717, 1.165) is 50.9 Å². The molecule has 0 aliphatic carbocycles. The number of para-hydroxylation sites is 1. The number of carbonyl (C=O) groups is 1. The summed E-state index contributed by atoms with van der Waals surface area (Å²) in [5.74, 6) is -0.280. The predicted octanol–water partition coefficient (Wildman–Crippen LogP) is 4.85. The van der Waals surface area contributed by atoms with E-state index in [1.807, 2.05) is 6.07 Å². The van der Waals surface area contributed by atoms with E-state index < -0.39 is 15.7 Å². The van der Waals surface area contributed by atoms with Gasteiger partial charge in [0.1, 0.15) is 5.82 Å². The van der Waals surface area contributed by atoms with Gasteiger partial charge in [-0.1, -0.05) is 23.7 Å². The first kappa shape index (κ1) is 27.6. The van der Waals surface area contributed by atoms with Gasteiger partial charge in [-0.3, -0.25) is 9.78 Å². The Hall–Kier alpha value is -3.01. The van der Waals surface area contributed by atoms with Crippen LogP contribution in [0, 0.1) is 11.7 Å². The maximum Gasteiger partial charge on any atom is 0.256 e. The van der Waals surface area contributed by atoms with E-state index >= 15 is 0 Å². The van der Waals surface area contributed by atoms with Gasteiger partial charge >= 0.3 is 0 Å². The molecule has 2 saturated heterocycles. The molecule has 5 rings (SSSR count). The monoisotopic (exact) mass is 570 g/mol. The molecule has 206 valence electrons. The van der Waals surface area contributed by atoms with E-state index in [0.29, 0.717) is 30.1 Å². The van der Waals surface area contributed by atoms with E-state index in [2.05, 4.69) is 9.88 Å². The summed E-state index contributed by atoms with van der Waals surface area (Å²) >= 11 is 5.97. The minimum atomic E-state index is -3.66. The number of sulfone groups is 1. The first-order valence-corrected chi connectivity index (χ1v) is 15.1. The highest BCUT2D eigenvalue weighted by atomic mass is 35.5. The van der Waals surface area contributed by atoms with Crippen LogP contribution in [0.15, 0.2) is 70.6 Å². The maximum absolute atomic E-state index is 13.8. The molecule has 2 fully saturated rings. The second kappa shape index (κ2) is 11.6. The van der Waals surface area contributed by atoms with Crippen molar-refractivity contribution < 1.29 is 17.6 Å². The van der Waals surface area contributed by atoms with Crippen LogP contribution in [0.4, 0.5) is 10.1 Å². The number of nitrogens with zero attached hydrogens (tertiary/aromatic N) is 3. The molecule has 0 bridgehead atoms. The van der Waals surface area contributed by atoms with Crippen molar-refractivity contribution in [3.63, 3.8) is 0 Å². The molecule has 0 spiro atoms. The van der Waals surface area contributed by atoms with E-state index in [4.69, 9.17) is 17.3 Å². The minimum Gasteiger partial charge on any atom is -0.396 e. The molecular formula is C29H32ClFN4O3S. The third-order valence-electron chi connectivity index (χ3n) is 7.91. The molecular weight excluding hydrogens is 539 g/mol. The molecule has 10 heteroatoms. The second-order valence-electron chi connectivity index (χ2n) is 10.4. The van der Waals surface area contributed by atoms with Crippen molar-refractivity contribution in [1.82, 2.24) is 14.8 Å². The van der Waals surface area contributed by atoms with Crippen LogP contribution < -0.4 is 5.73 Å². The van der Waals surface area contributed by atoms with E-state index in [9.17, 15) is 17.6 Å². The molecule has 2 aliphatic heterocycles. The molecule has 0 unspecified atom stereocenters. The summed E-state index contributed by atoms with van der Waals surface area (Å²) < 4.78 is 39.6. The lowest BCUT2D eigenvalue weighted by Gasteiger charge is -2.42. The third kappa shape index (κ3) is 6.10.